The van der Waals surface area contributed by atoms with Gasteiger partial charge in [0.05, 0.1) is 0 Å². The van der Waals surface area contributed by atoms with Crippen molar-refractivity contribution in [3.8, 4) is 0 Å². The van der Waals surface area contributed by atoms with Crippen LogP contribution >= 0.6 is 0 Å². The van der Waals surface area contributed by atoms with Gasteiger partial charge in [0.2, 0.25) is 0 Å². The SMILES string of the molecule is Cc1cccc([C@@H]2CCCN2CCCC(=O)O)c1C. The number of aliphatic carboxylic acids is 1. The van der Waals surface area contributed by atoms with Crippen molar-refractivity contribution in [3.05, 3.63) is 34.9 Å². The van der Waals surface area contributed by atoms with Crippen molar-refractivity contribution in [3.63, 3.8) is 0 Å². The molecule has 1 N–H and O–H groups in total. The molecule has 1 aromatic rings. The Morgan fingerprint density at radius 1 is 1.42 bits per heavy atom. The molecule has 0 radical (unpaired) electrons. The summed E-state index contributed by atoms with van der Waals surface area (Å²) in [7, 11) is 0. The van der Waals surface area contributed by atoms with Gasteiger partial charge in [-0.3, -0.25) is 9.69 Å². The van der Waals surface area contributed by atoms with E-state index >= 15 is 0 Å². The Kier molecular flexibility index (Phi) is 4.59. The number of likely N-dealkylation sites (tertiary alicyclic amines) is 1. The van der Waals surface area contributed by atoms with Gasteiger partial charge in [0.25, 0.3) is 0 Å². The third kappa shape index (κ3) is 3.35. The maximum Gasteiger partial charge on any atom is 0.303 e. The van der Waals surface area contributed by atoms with Crippen molar-refractivity contribution in [2.45, 2.75) is 45.6 Å². The molecule has 1 atom stereocenters. The van der Waals surface area contributed by atoms with E-state index in [2.05, 4.69) is 36.9 Å². The number of rotatable bonds is 5. The molecule has 0 bridgehead atoms. The summed E-state index contributed by atoms with van der Waals surface area (Å²) in [5, 5.41) is 8.73. The second-order valence-electron chi connectivity index (χ2n) is 5.48. The van der Waals surface area contributed by atoms with E-state index in [0.29, 0.717) is 6.04 Å². The molecule has 1 aliphatic heterocycles. The fourth-order valence-corrected chi connectivity index (χ4v) is 3.01. The van der Waals surface area contributed by atoms with Crippen molar-refractivity contribution in [2.75, 3.05) is 13.1 Å². The van der Waals surface area contributed by atoms with E-state index in [1.54, 1.807) is 0 Å². The van der Waals surface area contributed by atoms with Gasteiger partial charge >= 0.3 is 5.97 Å². The molecule has 3 nitrogen and oxygen atoms in total. The molecule has 1 saturated heterocycles. The molecule has 1 aromatic carbocycles. The normalized spacial score (nSPS) is 19.8. The van der Waals surface area contributed by atoms with Crippen LogP contribution in [0.1, 0.15) is 48.4 Å². The zero-order chi connectivity index (χ0) is 13.8. The Hall–Kier alpha value is -1.35. The molecule has 0 aromatic heterocycles. The zero-order valence-electron chi connectivity index (χ0n) is 11.9. The summed E-state index contributed by atoms with van der Waals surface area (Å²) in [6.45, 7) is 6.34. The third-order valence-electron chi connectivity index (χ3n) is 4.21. The molecule has 0 unspecified atom stereocenters. The highest BCUT2D eigenvalue weighted by Crippen LogP contribution is 2.34. The van der Waals surface area contributed by atoms with Crippen LogP contribution in [0.5, 0.6) is 0 Å². The van der Waals surface area contributed by atoms with Crippen molar-refractivity contribution in [1.82, 2.24) is 4.90 Å². The van der Waals surface area contributed by atoms with Crippen molar-refractivity contribution in [1.29, 1.82) is 0 Å². The van der Waals surface area contributed by atoms with E-state index in [1.807, 2.05) is 0 Å². The topological polar surface area (TPSA) is 40.5 Å². The average molecular weight is 261 g/mol. The lowest BCUT2D eigenvalue weighted by molar-refractivity contribution is -0.137. The van der Waals surface area contributed by atoms with Crippen LogP contribution < -0.4 is 0 Å². The summed E-state index contributed by atoms with van der Waals surface area (Å²) in [6.07, 6.45) is 3.43. The zero-order valence-corrected chi connectivity index (χ0v) is 11.9. The summed E-state index contributed by atoms with van der Waals surface area (Å²) >= 11 is 0. The van der Waals surface area contributed by atoms with E-state index in [-0.39, 0.29) is 6.42 Å². The quantitative estimate of drug-likeness (QED) is 0.884. The van der Waals surface area contributed by atoms with Crippen LogP contribution in [0.25, 0.3) is 0 Å². The first-order chi connectivity index (χ1) is 9.09. The van der Waals surface area contributed by atoms with E-state index in [9.17, 15) is 4.79 Å². The van der Waals surface area contributed by atoms with Gasteiger partial charge in [-0.2, -0.15) is 0 Å². The number of carboxylic acids is 1. The monoisotopic (exact) mass is 261 g/mol. The summed E-state index contributed by atoms with van der Waals surface area (Å²) in [5.74, 6) is -0.692. The van der Waals surface area contributed by atoms with Crippen molar-refractivity contribution < 1.29 is 9.90 Å². The molecule has 0 aliphatic carbocycles. The van der Waals surface area contributed by atoms with Gasteiger partial charge in [-0.25, -0.2) is 0 Å². The maximum absolute atomic E-state index is 10.6. The summed E-state index contributed by atoms with van der Waals surface area (Å²) < 4.78 is 0. The third-order valence-corrected chi connectivity index (χ3v) is 4.21. The lowest BCUT2D eigenvalue weighted by Gasteiger charge is -2.26. The van der Waals surface area contributed by atoms with Gasteiger partial charge in [0, 0.05) is 12.5 Å². The molecule has 1 fully saturated rings. The first-order valence-corrected chi connectivity index (χ1v) is 7.11. The minimum Gasteiger partial charge on any atom is -0.481 e. The lowest BCUT2D eigenvalue weighted by Crippen LogP contribution is -2.25. The van der Waals surface area contributed by atoms with Crippen LogP contribution in [-0.4, -0.2) is 29.1 Å². The highest BCUT2D eigenvalue weighted by atomic mass is 16.4. The molecule has 0 spiro atoms. The standard InChI is InChI=1S/C16H23NO2/c1-12-6-3-7-14(13(12)2)15-8-4-10-17(15)11-5-9-16(18)19/h3,6-7,15H,4-5,8-11H2,1-2H3,(H,18,19)/t15-/m0/s1. The Morgan fingerprint density at radius 3 is 2.95 bits per heavy atom. The second kappa shape index (κ2) is 6.20. The lowest BCUT2D eigenvalue weighted by atomic mass is 9.96. The number of hydrogen-bond donors (Lipinski definition) is 1. The fraction of sp³-hybridized carbons (Fsp3) is 0.562. The molecule has 104 valence electrons. The summed E-state index contributed by atoms with van der Waals surface area (Å²) in [5.41, 5.74) is 4.15. The van der Waals surface area contributed by atoms with Gasteiger partial charge in [-0.05, 0) is 62.9 Å². The number of nitrogens with zero attached hydrogens (tertiary/aromatic N) is 1. The molecule has 0 saturated carbocycles. The highest BCUT2D eigenvalue weighted by Gasteiger charge is 2.26. The smallest absolute Gasteiger partial charge is 0.303 e. The van der Waals surface area contributed by atoms with Gasteiger partial charge in [0.15, 0.2) is 0 Å². The largest absolute Gasteiger partial charge is 0.481 e. The average Bonchev–Trinajstić information content (AvgIpc) is 2.80. The first kappa shape index (κ1) is 14.1. The Bertz CT molecular complexity index is 456. The molecule has 19 heavy (non-hydrogen) atoms. The summed E-state index contributed by atoms with van der Waals surface area (Å²) in [6, 6.07) is 6.99. The van der Waals surface area contributed by atoms with E-state index in [0.717, 1.165) is 19.5 Å². The number of hydrogen-bond acceptors (Lipinski definition) is 2. The van der Waals surface area contributed by atoms with Crippen LogP contribution in [-0.2, 0) is 4.79 Å². The minimum atomic E-state index is -0.692. The van der Waals surface area contributed by atoms with Gasteiger partial charge in [-0.1, -0.05) is 18.2 Å². The number of carboxylic acid groups (broad SMARTS) is 1. The molecule has 3 heteroatoms. The van der Waals surface area contributed by atoms with Gasteiger partial charge in [0.1, 0.15) is 0 Å². The molecule has 2 rings (SSSR count). The Balaban J connectivity index is 2.05. The number of benzene rings is 1. The second-order valence-corrected chi connectivity index (χ2v) is 5.48. The van der Waals surface area contributed by atoms with Crippen molar-refractivity contribution >= 4 is 5.97 Å². The van der Waals surface area contributed by atoms with E-state index < -0.39 is 5.97 Å². The molecule has 1 heterocycles. The van der Waals surface area contributed by atoms with E-state index in [4.69, 9.17) is 5.11 Å². The molecular formula is C16H23NO2. The van der Waals surface area contributed by atoms with Crippen LogP contribution in [0.3, 0.4) is 0 Å². The van der Waals surface area contributed by atoms with Crippen LogP contribution in [0.4, 0.5) is 0 Å². The van der Waals surface area contributed by atoms with Crippen LogP contribution in [0.15, 0.2) is 18.2 Å². The summed E-state index contributed by atoms with van der Waals surface area (Å²) in [4.78, 5) is 13.1. The minimum absolute atomic E-state index is 0.274. The van der Waals surface area contributed by atoms with Crippen LogP contribution in [0, 0.1) is 13.8 Å². The predicted octanol–water partition coefficient (Wildman–Crippen LogP) is 3.31. The molecule has 0 amide bonds. The first-order valence-electron chi connectivity index (χ1n) is 7.11. The van der Waals surface area contributed by atoms with E-state index in [1.165, 1.54) is 29.5 Å². The predicted molar refractivity (Wildman–Crippen MR) is 76.3 cm³/mol. The molecular weight excluding hydrogens is 238 g/mol. The number of aryl methyl sites for hydroxylation is 1. The Labute approximate surface area is 115 Å². The Morgan fingerprint density at radius 2 is 2.21 bits per heavy atom. The van der Waals surface area contributed by atoms with Crippen LogP contribution in [0.2, 0.25) is 0 Å². The van der Waals surface area contributed by atoms with Crippen molar-refractivity contribution in [2.24, 2.45) is 0 Å². The van der Waals surface area contributed by atoms with Gasteiger partial charge < -0.3 is 5.11 Å². The number of carbonyl (C=O) groups is 1. The van der Waals surface area contributed by atoms with Gasteiger partial charge in [-0.15, -0.1) is 0 Å². The fourth-order valence-electron chi connectivity index (χ4n) is 3.01. The highest BCUT2D eigenvalue weighted by molar-refractivity contribution is 5.66. The molecule has 1 aliphatic rings. The maximum atomic E-state index is 10.6.